The van der Waals surface area contributed by atoms with E-state index in [1.165, 1.54) is 5.69 Å². The Kier molecular flexibility index (Phi) is 8.35. The molecule has 1 amide bonds. The van der Waals surface area contributed by atoms with Crippen molar-refractivity contribution in [3.63, 3.8) is 0 Å². The number of benzene rings is 2. The number of carbonyl (C=O) groups is 1. The van der Waals surface area contributed by atoms with Crippen LogP contribution in [-0.4, -0.2) is 26.8 Å². The van der Waals surface area contributed by atoms with Crippen molar-refractivity contribution in [2.24, 2.45) is 12.5 Å². The smallest absolute Gasteiger partial charge is 0.404 e. The van der Waals surface area contributed by atoms with E-state index in [1.54, 1.807) is 0 Å². The zero-order valence-corrected chi connectivity index (χ0v) is 21.5. The molecule has 33 heavy (non-hydrogen) atoms. The van der Waals surface area contributed by atoms with Crippen LogP contribution in [0.15, 0.2) is 65.3 Å². The summed E-state index contributed by atoms with van der Waals surface area (Å²) in [5.74, 6) is 0.792. The molecule has 1 heterocycles. The molecule has 3 rings (SSSR count). The first kappa shape index (κ1) is 25.0. The van der Waals surface area contributed by atoms with Gasteiger partial charge in [0.2, 0.25) is 0 Å². The van der Waals surface area contributed by atoms with Gasteiger partial charge >= 0.3 is 6.09 Å². The van der Waals surface area contributed by atoms with Crippen molar-refractivity contribution in [3.05, 3.63) is 87.9 Å². The number of carboxylic acid groups (broad SMARTS) is 1. The number of nitrogens with zero attached hydrogens (tertiary/aromatic N) is 2. The molecule has 0 aliphatic carbocycles. The molecule has 6 heteroatoms. The molecule has 2 unspecified atom stereocenters. The quantitative estimate of drug-likeness (QED) is 0.332. The van der Waals surface area contributed by atoms with Crippen molar-refractivity contribution in [1.82, 2.24) is 14.9 Å². The normalized spacial score (nSPS) is 13.5. The van der Waals surface area contributed by atoms with Crippen LogP contribution >= 0.6 is 15.9 Å². The lowest BCUT2D eigenvalue weighted by molar-refractivity contribution is 0.187. The Bertz CT molecular complexity index is 1040. The Balaban J connectivity index is 2.01. The van der Waals surface area contributed by atoms with Gasteiger partial charge < -0.3 is 15.0 Å². The van der Waals surface area contributed by atoms with Crippen molar-refractivity contribution >= 4 is 22.0 Å². The molecule has 0 aliphatic rings. The highest BCUT2D eigenvalue weighted by molar-refractivity contribution is 9.10. The monoisotopic (exact) mass is 511 g/mol. The summed E-state index contributed by atoms with van der Waals surface area (Å²) < 4.78 is 3.19. The molecule has 3 aromatic rings. The van der Waals surface area contributed by atoms with E-state index >= 15 is 0 Å². The lowest BCUT2D eigenvalue weighted by Crippen LogP contribution is -2.41. The van der Waals surface area contributed by atoms with Gasteiger partial charge in [-0.05, 0) is 47.9 Å². The van der Waals surface area contributed by atoms with Crippen LogP contribution < -0.4 is 5.32 Å². The third-order valence-electron chi connectivity index (χ3n) is 6.53. The lowest BCUT2D eigenvalue weighted by atomic mass is 9.85. The van der Waals surface area contributed by atoms with Gasteiger partial charge in [0, 0.05) is 35.4 Å². The van der Waals surface area contributed by atoms with Gasteiger partial charge in [-0.15, -0.1) is 0 Å². The summed E-state index contributed by atoms with van der Waals surface area (Å²) >= 11 is 3.51. The first-order chi connectivity index (χ1) is 15.7. The summed E-state index contributed by atoms with van der Waals surface area (Å²) in [5, 5.41) is 12.5. The van der Waals surface area contributed by atoms with Crippen LogP contribution in [0.4, 0.5) is 4.79 Å². The number of aromatic nitrogens is 2. The van der Waals surface area contributed by atoms with Crippen LogP contribution in [0.2, 0.25) is 0 Å². The Morgan fingerprint density at radius 3 is 2.33 bits per heavy atom. The number of halogens is 1. The zero-order chi connectivity index (χ0) is 24.0. The number of hydrogen-bond acceptors (Lipinski definition) is 2. The van der Waals surface area contributed by atoms with Gasteiger partial charge in [-0.2, -0.15) is 0 Å². The van der Waals surface area contributed by atoms with Gasteiger partial charge in [-0.25, -0.2) is 9.78 Å². The van der Waals surface area contributed by atoms with E-state index in [2.05, 4.69) is 65.8 Å². The van der Waals surface area contributed by atoms with Crippen LogP contribution in [0.5, 0.6) is 0 Å². The molecular formula is C27H34BrN3O2. The van der Waals surface area contributed by atoms with E-state index in [-0.39, 0.29) is 17.4 Å². The van der Waals surface area contributed by atoms with Gasteiger partial charge in [-0.3, -0.25) is 0 Å². The number of rotatable bonds is 10. The molecule has 1 aromatic heterocycles. The number of hydrogen-bond donors (Lipinski definition) is 2. The zero-order valence-electron chi connectivity index (χ0n) is 19.9. The van der Waals surface area contributed by atoms with Crippen molar-refractivity contribution in [2.45, 2.75) is 58.4 Å². The minimum absolute atomic E-state index is 0.119. The number of amides is 1. The van der Waals surface area contributed by atoms with Crippen LogP contribution in [-0.2, 0) is 26.3 Å². The Morgan fingerprint density at radius 1 is 1.09 bits per heavy atom. The molecule has 2 aromatic carbocycles. The first-order valence-corrected chi connectivity index (χ1v) is 12.3. The van der Waals surface area contributed by atoms with E-state index in [0.717, 1.165) is 34.3 Å². The van der Waals surface area contributed by atoms with Gasteiger partial charge in [0.25, 0.3) is 0 Å². The predicted octanol–water partition coefficient (Wildman–Crippen LogP) is 6.37. The summed E-state index contributed by atoms with van der Waals surface area (Å²) in [7, 11) is 2.05. The lowest BCUT2D eigenvalue weighted by Gasteiger charge is -2.28. The molecule has 0 bridgehead atoms. The minimum Gasteiger partial charge on any atom is -0.465 e. The summed E-state index contributed by atoms with van der Waals surface area (Å²) in [6.07, 6.45) is 4.23. The van der Waals surface area contributed by atoms with E-state index in [9.17, 15) is 9.90 Å². The highest BCUT2D eigenvalue weighted by atomic mass is 79.9. The second-order valence-corrected chi connectivity index (χ2v) is 10.5. The molecule has 0 spiro atoms. The van der Waals surface area contributed by atoms with E-state index in [0.29, 0.717) is 12.8 Å². The average molecular weight is 512 g/mol. The standard InChI is InChI=1S/C27H34BrN3O2/c1-5-27(2,3)17-22-18-29-25(31(22)4)23(15-20-11-13-21(28)14-12-20)24(30-26(32)33)16-19-9-7-6-8-10-19/h6-14,18,23-24,30H,5,15-17H2,1-4H3,(H,32,33). The molecule has 0 radical (unpaired) electrons. The van der Waals surface area contributed by atoms with Crippen LogP contribution in [0, 0.1) is 5.41 Å². The van der Waals surface area contributed by atoms with E-state index < -0.39 is 6.09 Å². The van der Waals surface area contributed by atoms with Gasteiger partial charge in [-0.1, -0.05) is 85.6 Å². The molecule has 0 saturated heterocycles. The van der Waals surface area contributed by atoms with Crippen LogP contribution in [0.25, 0.3) is 0 Å². The maximum atomic E-state index is 11.8. The summed E-state index contributed by atoms with van der Waals surface area (Å²) in [6.45, 7) is 6.74. The highest BCUT2D eigenvalue weighted by Gasteiger charge is 2.30. The fourth-order valence-electron chi connectivity index (χ4n) is 4.19. The topological polar surface area (TPSA) is 67.2 Å². The fourth-order valence-corrected chi connectivity index (χ4v) is 4.46. The van der Waals surface area contributed by atoms with Gasteiger partial charge in [0.05, 0.1) is 0 Å². The molecule has 0 aliphatic heterocycles. The summed E-state index contributed by atoms with van der Waals surface area (Å²) in [5.41, 5.74) is 3.59. The van der Waals surface area contributed by atoms with Crippen LogP contribution in [0.3, 0.4) is 0 Å². The van der Waals surface area contributed by atoms with Gasteiger partial charge in [0.1, 0.15) is 5.82 Å². The Labute approximate surface area is 205 Å². The summed E-state index contributed by atoms with van der Waals surface area (Å²) in [6, 6.07) is 17.9. The van der Waals surface area contributed by atoms with Crippen molar-refractivity contribution < 1.29 is 9.90 Å². The third-order valence-corrected chi connectivity index (χ3v) is 7.06. The second kappa shape index (κ2) is 11.0. The molecule has 5 nitrogen and oxygen atoms in total. The third kappa shape index (κ3) is 6.94. The fraction of sp³-hybridized carbons (Fsp3) is 0.407. The molecule has 0 saturated carbocycles. The van der Waals surface area contributed by atoms with Crippen molar-refractivity contribution in [3.8, 4) is 0 Å². The second-order valence-electron chi connectivity index (χ2n) is 9.54. The van der Waals surface area contributed by atoms with E-state index in [4.69, 9.17) is 4.98 Å². The Morgan fingerprint density at radius 2 is 1.73 bits per heavy atom. The van der Waals surface area contributed by atoms with Gasteiger partial charge in [0.15, 0.2) is 0 Å². The average Bonchev–Trinajstić information content (AvgIpc) is 3.12. The maximum absolute atomic E-state index is 11.8. The first-order valence-electron chi connectivity index (χ1n) is 11.5. The number of nitrogens with one attached hydrogen (secondary N) is 1. The largest absolute Gasteiger partial charge is 0.465 e. The molecule has 0 fully saturated rings. The highest BCUT2D eigenvalue weighted by Crippen LogP contribution is 2.30. The van der Waals surface area contributed by atoms with Crippen molar-refractivity contribution in [2.75, 3.05) is 0 Å². The summed E-state index contributed by atoms with van der Waals surface area (Å²) in [4.78, 5) is 16.6. The Hall–Kier alpha value is -2.60. The molecule has 176 valence electrons. The SMILES string of the molecule is CCC(C)(C)Cc1cnc(C(Cc2ccc(Br)cc2)C(Cc2ccccc2)NC(=O)O)n1C. The maximum Gasteiger partial charge on any atom is 0.404 e. The molecule has 2 N–H and O–H groups in total. The molecular weight excluding hydrogens is 478 g/mol. The van der Waals surface area contributed by atoms with Crippen LogP contribution in [0.1, 0.15) is 55.8 Å². The number of imidazole rings is 1. The van der Waals surface area contributed by atoms with Crippen molar-refractivity contribution in [1.29, 1.82) is 0 Å². The van der Waals surface area contributed by atoms with E-state index in [1.807, 2.05) is 48.7 Å². The predicted molar refractivity (Wildman–Crippen MR) is 137 cm³/mol. The molecule has 2 atom stereocenters. The minimum atomic E-state index is -1.02.